The first kappa shape index (κ1) is 22.0. The first-order chi connectivity index (χ1) is 15.0. The van der Waals surface area contributed by atoms with Crippen molar-refractivity contribution in [2.24, 2.45) is 5.92 Å². The Bertz CT molecular complexity index is 1030. The molecule has 1 unspecified atom stereocenters. The molecule has 1 N–H and O–H groups in total. The monoisotopic (exact) mass is 456 g/mol. The minimum absolute atomic E-state index is 0.130. The summed E-state index contributed by atoms with van der Waals surface area (Å²) in [5, 5.41) is 9.70. The zero-order valence-electron chi connectivity index (χ0n) is 18.2. The van der Waals surface area contributed by atoms with E-state index in [-0.39, 0.29) is 5.91 Å². The first-order valence-corrected chi connectivity index (χ1v) is 12.5. The molecule has 0 bridgehead atoms. The highest BCUT2D eigenvalue weighted by Crippen LogP contribution is 2.29. The van der Waals surface area contributed by atoms with Crippen LogP contribution in [0.5, 0.6) is 0 Å². The Kier molecular flexibility index (Phi) is 7.09. The van der Waals surface area contributed by atoms with Gasteiger partial charge in [0, 0.05) is 34.7 Å². The number of likely N-dealkylation sites (tertiary alicyclic amines) is 1. The molecular weight excluding hydrogens is 428 g/mol. The maximum Gasteiger partial charge on any atom is 0.258 e. The van der Waals surface area contributed by atoms with Gasteiger partial charge in [0.25, 0.3) is 5.91 Å². The van der Waals surface area contributed by atoms with Crippen LogP contribution in [0.2, 0.25) is 0 Å². The van der Waals surface area contributed by atoms with E-state index < -0.39 is 0 Å². The van der Waals surface area contributed by atoms with Crippen molar-refractivity contribution in [2.45, 2.75) is 50.8 Å². The second-order valence-electron chi connectivity index (χ2n) is 8.17. The fraction of sp³-hybridized carbons (Fsp3) is 0.435. The standard InChI is InChI=1S/C23H28N4O2S2/c1-15-7-6-10-27(11-15)12-18-13-31-23(24-18)25-22(28)19-8-4-5-9-21(19)30-14-20-16(2)26-29-17(20)3/h4-5,8-9,13,15H,6-7,10-12,14H2,1-3H3,(H,24,25,28). The van der Waals surface area contributed by atoms with E-state index in [4.69, 9.17) is 4.52 Å². The van der Waals surface area contributed by atoms with Gasteiger partial charge in [-0.05, 0) is 51.3 Å². The third-order valence-corrected chi connectivity index (χ3v) is 7.49. The fourth-order valence-corrected chi connectivity index (χ4v) is 5.80. The Morgan fingerprint density at radius 3 is 2.97 bits per heavy atom. The Morgan fingerprint density at radius 2 is 2.19 bits per heavy atom. The molecule has 0 saturated carbocycles. The van der Waals surface area contributed by atoms with E-state index in [0.717, 1.165) is 53.2 Å². The number of aromatic nitrogens is 2. The van der Waals surface area contributed by atoms with Gasteiger partial charge >= 0.3 is 0 Å². The van der Waals surface area contributed by atoms with Gasteiger partial charge in [-0.2, -0.15) is 0 Å². The molecule has 1 atom stereocenters. The molecule has 31 heavy (non-hydrogen) atoms. The number of nitrogens with one attached hydrogen (secondary N) is 1. The molecule has 1 aliphatic rings. The van der Waals surface area contributed by atoms with Crippen molar-refractivity contribution in [1.82, 2.24) is 15.0 Å². The summed E-state index contributed by atoms with van der Waals surface area (Å²) in [6.45, 7) is 9.25. The lowest BCUT2D eigenvalue weighted by Crippen LogP contribution is -2.33. The van der Waals surface area contributed by atoms with Gasteiger partial charge in [-0.1, -0.05) is 24.2 Å². The summed E-state index contributed by atoms with van der Waals surface area (Å²) in [7, 11) is 0. The van der Waals surface area contributed by atoms with Crippen LogP contribution in [0.25, 0.3) is 0 Å². The molecule has 0 aliphatic carbocycles. The molecule has 1 aromatic carbocycles. The van der Waals surface area contributed by atoms with E-state index >= 15 is 0 Å². The molecule has 164 valence electrons. The molecule has 1 aliphatic heterocycles. The number of amides is 1. The number of anilines is 1. The number of carbonyl (C=O) groups is 1. The molecule has 0 radical (unpaired) electrons. The zero-order valence-corrected chi connectivity index (χ0v) is 19.8. The van der Waals surface area contributed by atoms with E-state index in [2.05, 4.69) is 27.3 Å². The number of thioether (sulfide) groups is 1. The summed E-state index contributed by atoms with van der Waals surface area (Å²) in [4.78, 5) is 21.0. The van der Waals surface area contributed by atoms with Crippen molar-refractivity contribution in [3.05, 3.63) is 57.9 Å². The largest absolute Gasteiger partial charge is 0.361 e. The molecule has 6 nitrogen and oxygen atoms in total. The van der Waals surface area contributed by atoms with Crippen LogP contribution in [0.15, 0.2) is 39.1 Å². The van der Waals surface area contributed by atoms with E-state index in [9.17, 15) is 4.79 Å². The summed E-state index contributed by atoms with van der Waals surface area (Å²) in [5.41, 5.74) is 3.65. The lowest BCUT2D eigenvalue weighted by atomic mass is 10.0. The van der Waals surface area contributed by atoms with Crippen molar-refractivity contribution >= 4 is 34.1 Å². The van der Waals surface area contributed by atoms with Crippen molar-refractivity contribution in [3.63, 3.8) is 0 Å². The van der Waals surface area contributed by atoms with Gasteiger partial charge in [-0.3, -0.25) is 15.0 Å². The zero-order chi connectivity index (χ0) is 21.8. The number of aryl methyl sites for hydroxylation is 2. The third kappa shape index (κ3) is 5.56. The third-order valence-electron chi connectivity index (χ3n) is 5.58. The second kappa shape index (κ2) is 9.97. The minimum atomic E-state index is -0.130. The lowest BCUT2D eigenvalue weighted by molar-refractivity contribution is 0.102. The number of hydrogen-bond acceptors (Lipinski definition) is 7. The molecule has 1 saturated heterocycles. The molecule has 3 aromatic rings. The van der Waals surface area contributed by atoms with Gasteiger partial charge in [0.2, 0.25) is 0 Å². The van der Waals surface area contributed by atoms with Crippen LogP contribution >= 0.6 is 23.1 Å². The molecular formula is C23H28N4O2S2. The van der Waals surface area contributed by atoms with Gasteiger partial charge in [-0.15, -0.1) is 23.1 Å². The average molecular weight is 457 g/mol. The number of benzene rings is 1. The van der Waals surface area contributed by atoms with Crippen molar-refractivity contribution in [1.29, 1.82) is 0 Å². The number of thiazole rings is 1. The Labute approximate surface area is 191 Å². The van der Waals surface area contributed by atoms with Crippen molar-refractivity contribution in [2.75, 3.05) is 18.4 Å². The molecule has 2 aromatic heterocycles. The number of rotatable bonds is 7. The number of carbonyl (C=O) groups excluding carboxylic acids is 1. The van der Waals surface area contributed by atoms with Gasteiger partial charge < -0.3 is 4.52 Å². The highest BCUT2D eigenvalue weighted by atomic mass is 32.2. The second-order valence-corrected chi connectivity index (χ2v) is 10.0. The summed E-state index contributed by atoms with van der Waals surface area (Å²) < 4.78 is 5.25. The van der Waals surface area contributed by atoms with E-state index in [1.54, 1.807) is 11.8 Å². The minimum Gasteiger partial charge on any atom is -0.361 e. The summed E-state index contributed by atoms with van der Waals surface area (Å²) in [5.74, 6) is 2.15. The Hall–Kier alpha value is -2.16. The van der Waals surface area contributed by atoms with Crippen LogP contribution in [0, 0.1) is 19.8 Å². The summed E-state index contributed by atoms with van der Waals surface area (Å²) in [6, 6.07) is 7.67. The SMILES string of the molecule is Cc1noc(C)c1CSc1ccccc1C(=O)Nc1nc(CN2CCCC(C)C2)cs1. The van der Waals surface area contributed by atoms with Gasteiger partial charge in [0.05, 0.1) is 17.0 Å². The lowest BCUT2D eigenvalue weighted by Gasteiger charge is -2.30. The molecule has 1 amide bonds. The summed E-state index contributed by atoms with van der Waals surface area (Å²) in [6.07, 6.45) is 2.56. The van der Waals surface area contributed by atoms with E-state index in [1.165, 1.54) is 24.2 Å². The maximum atomic E-state index is 13.0. The van der Waals surface area contributed by atoms with E-state index in [0.29, 0.717) is 16.4 Å². The Morgan fingerprint density at radius 1 is 1.35 bits per heavy atom. The van der Waals surface area contributed by atoms with E-state index in [1.807, 2.05) is 43.5 Å². The molecule has 0 spiro atoms. The van der Waals surface area contributed by atoms with Crippen molar-refractivity contribution in [3.8, 4) is 0 Å². The smallest absolute Gasteiger partial charge is 0.258 e. The number of piperidine rings is 1. The predicted octanol–water partition coefficient (Wildman–Crippen LogP) is 5.52. The topological polar surface area (TPSA) is 71.3 Å². The van der Waals surface area contributed by atoms with Crippen LogP contribution in [0.4, 0.5) is 5.13 Å². The fourth-order valence-electron chi connectivity index (χ4n) is 3.90. The highest BCUT2D eigenvalue weighted by Gasteiger charge is 2.19. The Balaban J connectivity index is 1.39. The molecule has 8 heteroatoms. The van der Waals surface area contributed by atoms with Crippen LogP contribution in [0.3, 0.4) is 0 Å². The number of nitrogens with zero attached hydrogens (tertiary/aromatic N) is 3. The predicted molar refractivity (Wildman–Crippen MR) is 126 cm³/mol. The average Bonchev–Trinajstić information content (AvgIpc) is 3.32. The van der Waals surface area contributed by atoms with Gasteiger partial charge in [0.1, 0.15) is 5.76 Å². The number of hydrogen-bond donors (Lipinski definition) is 1. The molecule has 1 fully saturated rings. The molecule has 4 rings (SSSR count). The van der Waals surface area contributed by atoms with Crippen LogP contribution in [0.1, 0.15) is 52.8 Å². The maximum absolute atomic E-state index is 13.0. The van der Waals surface area contributed by atoms with Crippen molar-refractivity contribution < 1.29 is 9.32 Å². The molecule has 3 heterocycles. The van der Waals surface area contributed by atoms with Gasteiger partial charge in [0.15, 0.2) is 5.13 Å². The van der Waals surface area contributed by atoms with Crippen LogP contribution in [-0.2, 0) is 12.3 Å². The quantitative estimate of drug-likeness (QED) is 0.472. The van der Waals surface area contributed by atoms with Gasteiger partial charge in [-0.25, -0.2) is 4.98 Å². The normalized spacial score (nSPS) is 17.1. The first-order valence-electron chi connectivity index (χ1n) is 10.6. The van der Waals surface area contributed by atoms with Crippen LogP contribution < -0.4 is 5.32 Å². The van der Waals surface area contributed by atoms with Crippen LogP contribution in [-0.4, -0.2) is 34.0 Å². The highest BCUT2D eigenvalue weighted by molar-refractivity contribution is 7.98. The summed E-state index contributed by atoms with van der Waals surface area (Å²) >= 11 is 3.10.